The number of rotatable bonds is 8. The number of nitrogens with one attached hydrogen (secondary N) is 1. The summed E-state index contributed by atoms with van der Waals surface area (Å²) in [7, 11) is 0. The van der Waals surface area contributed by atoms with Crippen LogP contribution >= 0.6 is 11.6 Å². The van der Waals surface area contributed by atoms with Crippen LogP contribution in [0.3, 0.4) is 0 Å². The first-order chi connectivity index (χ1) is 14.9. The van der Waals surface area contributed by atoms with Crippen LogP contribution in [0.1, 0.15) is 48.3 Å². The van der Waals surface area contributed by atoms with Gasteiger partial charge in [0.25, 0.3) is 0 Å². The molecule has 0 aliphatic heterocycles. The van der Waals surface area contributed by atoms with Gasteiger partial charge in [0.1, 0.15) is 0 Å². The van der Waals surface area contributed by atoms with Gasteiger partial charge in [-0.2, -0.15) is 0 Å². The summed E-state index contributed by atoms with van der Waals surface area (Å²) in [5.74, 6) is 0.189. The average Bonchev–Trinajstić information content (AvgIpc) is 3.57. The average molecular weight is 437 g/mol. The number of hydrogen-bond donors (Lipinski definition) is 3. The Balaban J connectivity index is 1.50. The van der Waals surface area contributed by atoms with Crippen LogP contribution in [-0.2, 0) is 23.1 Å². The Morgan fingerprint density at radius 2 is 1.94 bits per heavy atom. The SMILES string of the molecule is CC(N)c1ccc(Nc2ncc(Cl)c(CCc3ccccc3C3(C(N)=O)CC3)n2)cn1. The van der Waals surface area contributed by atoms with Crippen LogP contribution in [0, 0.1) is 0 Å². The zero-order chi connectivity index (χ0) is 22.0. The molecule has 7 nitrogen and oxygen atoms in total. The molecule has 1 unspecified atom stereocenters. The number of primary amides is 1. The van der Waals surface area contributed by atoms with Crippen LogP contribution in [0.5, 0.6) is 0 Å². The van der Waals surface area contributed by atoms with Crippen LogP contribution in [0.25, 0.3) is 0 Å². The van der Waals surface area contributed by atoms with Crippen molar-refractivity contribution in [1.82, 2.24) is 15.0 Å². The van der Waals surface area contributed by atoms with Crippen molar-refractivity contribution in [2.45, 2.75) is 44.1 Å². The maximum Gasteiger partial charge on any atom is 0.228 e. The second-order valence-electron chi connectivity index (χ2n) is 7.98. The van der Waals surface area contributed by atoms with Crippen molar-refractivity contribution < 1.29 is 4.79 Å². The lowest BCUT2D eigenvalue weighted by atomic mass is 9.88. The van der Waals surface area contributed by atoms with E-state index in [1.54, 1.807) is 12.4 Å². The predicted molar refractivity (Wildman–Crippen MR) is 121 cm³/mol. The Hall–Kier alpha value is -3.03. The van der Waals surface area contributed by atoms with Gasteiger partial charge in [0.05, 0.1) is 39.9 Å². The smallest absolute Gasteiger partial charge is 0.228 e. The Kier molecular flexibility index (Phi) is 5.89. The molecular weight excluding hydrogens is 412 g/mol. The van der Waals surface area contributed by atoms with E-state index in [-0.39, 0.29) is 11.9 Å². The predicted octanol–water partition coefficient (Wildman–Crippen LogP) is 3.59. The Bertz CT molecular complexity index is 1100. The van der Waals surface area contributed by atoms with E-state index in [1.165, 1.54) is 0 Å². The van der Waals surface area contributed by atoms with Crippen molar-refractivity contribution in [1.29, 1.82) is 0 Å². The number of anilines is 2. The molecule has 1 atom stereocenters. The molecule has 1 amide bonds. The van der Waals surface area contributed by atoms with Gasteiger partial charge in [0, 0.05) is 6.04 Å². The van der Waals surface area contributed by atoms with E-state index < -0.39 is 5.41 Å². The maximum atomic E-state index is 12.0. The highest BCUT2D eigenvalue weighted by molar-refractivity contribution is 6.31. The molecule has 31 heavy (non-hydrogen) atoms. The standard InChI is InChI=1S/C23H25ClN6O/c1-14(25)19-9-7-16(12-27-19)29-22-28-13-18(24)20(30-22)8-6-15-4-2-3-5-17(15)23(10-11-23)21(26)31/h2-5,7,9,12-14H,6,8,10-11,25H2,1H3,(H2,26,31)(H,28,29,30). The van der Waals surface area contributed by atoms with E-state index in [4.69, 9.17) is 23.1 Å². The monoisotopic (exact) mass is 436 g/mol. The van der Waals surface area contributed by atoms with E-state index in [9.17, 15) is 4.79 Å². The van der Waals surface area contributed by atoms with Crippen LogP contribution in [0.15, 0.2) is 48.8 Å². The minimum atomic E-state index is -0.515. The molecule has 8 heteroatoms. The number of benzene rings is 1. The lowest BCUT2D eigenvalue weighted by Crippen LogP contribution is -2.29. The largest absolute Gasteiger partial charge is 0.369 e. The van der Waals surface area contributed by atoms with Gasteiger partial charge >= 0.3 is 0 Å². The highest BCUT2D eigenvalue weighted by atomic mass is 35.5. The highest BCUT2D eigenvalue weighted by Crippen LogP contribution is 2.49. The van der Waals surface area contributed by atoms with Crippen molar-refractivity contribution >= 4 is 29.1 Å². The van der Waals surface area contributed by atoms with Gasteiger partial charge in [-0.1, -0.05) is 35.9 Å². The number of pyridine rings is 1. The molecule has 1 saturated carbocycles. The quantitative estimate of drug-likeness (QED) is 0.496. The first kappa shape index (κ1) is 21.2. The van der Waals surface area contributed by atoms with Gasteiger partial charge in [-0.15, -0.1) is 0 Å². The summed E-state index contributed by atoms with van der Waals surface area (Å²) in [6, 6.07) is 11.6. The summed E-state index contributed by atoms with van der Waals surface area (Å²) < 4.78 is 0. The minimum absolute atomic E-state index is 0.125. The molecule has 2 aromatic heterocycles. The van der Waals surface area contributed by atoms with Gasteiger partial charge in [0.15, 0.2) is 0 Å². The lowest BCUT2D eigenvalue weighted by molar-refractivity contribution is -0.120. The zero-order valence-corrected chi connectivity index (χ0v) is 18.1. The molecule has 3 aromatic rings. The maximum absolute atomic E-state index is 12.0. The third-order valence-electron chi connectivity index (χ3n) is 5.71. The van der Waals surface area contributed by atoms with Gasteiger partial charge < -0.3 is 16.8 Å². The van der Waals surface area contributed by atoms with E-state index >= 15 is 0 Å². The van der Waals surface area contributed by atoms with Gasteiger partial charge in [0.2, 0.25) is 11.9 Å². The Labute approximate surface area is 186 Å². The summed E-state index contributed by atoms with van der Waals surface area (Å²) in [6.07, 6.45) is 6.21. The molecule has 0 saturated heterocycles. The second-order valence-corrected chi connectivity index (χ2v) is 8.38. The minimum Gasteiger partial charge on any atom is -0.369 e. The summed E-state index contributed by atoms with van der Waals surface area (Å²) in [6.45, 7) is 1.89. The van der Waals surface area contributed by atoms with Gasteiger partial charge in [-0.25, -0.2) is 9.97 Å². The molecule has 5 N–H and O–H groups in total. The fourth-order valence-corrected chi connectivity index (χ4v) is 3.93. The first-order valence-electron chi connectivity index (χ1n) is 10.3. The van der Waals surface area contributed by atoms with E-state index in [0.717, 1.165) is 41.0 Å². The molecule has 1 aromatic carbocycles. The number of carbonyl (C=O) groups is 1. The van der Waals surface area contributed by atoms with Crippen molar-refractivity contribution in [3.05, 3.63) is 76.3 Å². The molecule has 1 fully saturated rings. The van der Waals surface area contributed by atoms with E-state index in [1.807, 2.05) is 43.3 Å². The van der Waals surface area contributed by atoms with Crippen molar-refractivity contribution in [2.75, 3.05) is 5.32 Å². The first-order valence-corrected chi connectivity index (χ1v) is 10.6. The molecule has 1 aliphatic carbocycles. The number of hydrogen-bond acceptors (Lipinski definition) is 6. The summed E-state index contributed by atoms with van der Waals surface area (Å²) in [5, 5.41) is 3.66. The van der Waals surface area contributed by atoms with Crippen LogP contribution in [-0.4, -0.2) is 20.9 Å². The molecule has 4 rings (SSSR count). The fourth-order valence-electron chi connectivity index (χ4n) is 3.75. The fraction of sp³-hybridized carbons (Fsp3) is 0.304. The van der Waals surface area contributed by atoms with Crippen molar-refractivity contribution in [3.63, 3.8) is 0 Å². The summed E-state index contributed by atoms with van der Waals surface area (Å²) >= 11 is 6.36. The van der Waals surface area contributed by atoms with Crippen LogP contribution in [0.4, 0.5) is 11.6 Å². The third-order valence-corrected chi connectivity index (χ3v) is 6.03. The number of nitrogens with two attached hydrogens (primary N) is 2. The van der Waals surface area contributed by atoms with Gasteiger partial charge in [-0.3, -0.25) is 9.78 Å². The van der Waals surface area contributed by atoms with Crippen molar-refractivity contribution in [3.8, 4) is 0 Å². The Morgan fingerprint density at radius 1 is 1.16 bits per heavy atom. The zero-order valence-electron chi connectivity index (χ0n) is 17.3. The second kappa shape index (κ2) is 8.61. The molecule has 0 spiro atoms. The van der Waals surface area contributed by atoms with Crippen LogP contribution in [0.2, 0.25) is 5.02 Å². The normalized spacial score (nSPS) is 15.3. The molecule has 160 valence electrons. The highest BCUT2D eigenvalue weighted by Gasteiger charge is 2.50. The van der Waals surface area contributed by atoms with Crippen LogP contribution < -0.4 is 16.8 Å². The van der Waals surface area contributed by atoms with Crippen molar-refractivity contribution in [2.24, 2.45) is 11.5 Å². The molecule has 0 radical (unpaired) electrons. The molecule has 2 heterocycles. The van der Waals surface area contributed by atoms with E-state index in [2.05, 4.69) is 20.3 Å². The number of amides is 1. The number of halogens is 1. The number of aromatic nitrogens is 3. The third kappa shape index (κ3) is 4.52. The molecule has 1 aliphatic rings. The number of aryl methyl sites for hydroxylation is 2. The van der Waals surface area contributed by atoms with Gasteiger partial charge in [-0.05, 0) is 55.9 Å². The Morgan fingerprint density at radius 3 is 2.58 bits per heavy atom. The number of nitrogens with zero attached hydrogens (tertiary/aromatic N) is 3. The molecular formula is C23H25ClN6O. The van der Waals surface area contributed by atoms with E-state index in [0.29, 0.717) is 23.8 Å². The summed E-state index contributed by atoms with van der Waals surface area (Å²) in [5.41, 5.74) is 15.4. The number of carbonyl (C=O) groups excluding carboxylic acids is 1. The summed E-state index contributed by atoms with van der Waals surface area (Å²) in [4.78, 5) is 25.2. The topological polar surface area (TPSA) is 120 Å². The lowest BCUT2D eigenvalue weighted by Gasteiger charge is -2.16. The molecule has 0 bridgehead atoms.